The molecule has 1 aliphatic heterocycles. The van der Waals surface area contributed by atoms with Gasteiger partial charge in [0, 0.05) is 12.6 Å². The van der Waals surface area contributed by atoms with Crippen molar-refractivity contribution < 1.29 is 21.6 Å². The smallest absolute Gasteiger partial charge is 0.245 e. The molecule has 9 heteroatoms. The zero-order valence-corrected chi connectivity index (χ0v) is 15.1. The first-order chi connectivity index (χ1) is 11.6. The molecule has 1 N–H and O–H groups in total. The van der Waals surface area contributed by atoms with Gasteiger partial charge in [-0.3, -0.25) is 4.79 Å². The minimum absolute atomic E-state index is 0.0304. The molecular formula is C16H16N2O5S2. The Kier molecular flexibility index (Phi) is 4.28. The normalized spacial score (nSPS) is 20.2. The number of carbonyl (C=O) groups excluding carboxylic acids is 1. The molecule has 0 spiro atoms. The molecule has 1 heterocycles. The molecule has 1 atom stereocenters. The molecule has 0 amide bonds. The van der Waals surface area contributed by atoms with E-state index in [0.29, 0.717) is 0 Å². The summed E-state index contributed by atoms with van der Waals surface area (Å²) in [5.74, 6) is -0.622. The average molecular weight is 380 g/mol. The molecule has 2 aromatic rings. The predicted octanol–water partition coefficient (Wildman–Crippen LogP) is 1.12. The molecule has 0 fully saturated rings. The minimum Gasteiger partial charge on any atom is -0.291 e. The molecule has 0 bridgehead atoms. The van der Waals surface area contributed by atoms with E-state index in [1.807, 2.05) is 6.92 Å². The number of nitrogens with one attached hydrogen (secondary N) is 1. The van der Waals surface area contributed by atoms with Crippen LogP contribution >= 0.6 is 0 Å². The summed E-state index contributed by atoms with van der Waals surface area (Å²) in [6.07, 6.45) is -1.54. The lowest BCUT2D eigenvalue weighted by atomic mass is 10.1. The molecule has 0 aromatic heterocycles. The summed E-state index contributed by atoms with van der Waals surface area (Å²) < 4.78 is 53.1. The number of Topliss-reactive ketones (excluding diaryl/α,β-unsaturated/α-hetero) is 1. The SMILES string of the molecule is Cc1ccc(S(=O)(=O)NC2C(=O)c3ccccc3S(=O)(=O)N2C)cc1. The highest BCUT2D eigenvalue weighted by Crippen LogP contribution is 2.28. The first-order valence-electron chi connectivity index (χ1n) is 7.35. The highest BCUT2D eigenvalue weighted by Gasteiger charge is 2.43. The Morgan fingerprint density at radius 1 is 1.04 bits per heavy atom. The van der Waals surface area contributed by atoms with Crippen molar-refractivity contribution in [2.75, 3.05) is 7.05 Å². The quantitative estimate of drug-likeness (QED) is 0.860. The number of fused-ring (bicyclic) bond motifs is 1. The summed E-state index contributed by atoms with van der Waals surface area (Å²) in [5.41, 5.74) is 0.846. The van der Waals surface area contributed by atoms with E-state index >= 15 is 0 Å². The molecule has 3 rings (SSSR count). The standard InChI is InChI=1S/C16H16N2O5S2/c1-11-7-9-12(10-8-11)24(20,21)17-16-15(19)13-5-3-4-6-14(13)25(22,23)18(16)2/h3-10,16-17H,1-2H3. The van der Waals surface area contributed by atoms with E-state index in [0.717, 1.165) is 9.87 Å². The van der Waals surface area contributed by atoms with Gasteiger partial charge >= 0.3 is 0 Å². The number of benzene rings is 2. The predicted molar refractivity (Wildman–Crippen MR) is 91.0 cm³/mol. The number of nitrogens with zero attached hydrogens (tertiary/aromatic N) is 1. The van der Waals surface area contributed by atoms with Crippen LogP contribution in [0.15, 0.2) is 58.3 Å². The van der Waals surface area contributed by atoms with Gasteiger partial charge in [-0.15, -0.1) is 0 Å². The fourth-order valence-electron chi connectivity index (χ4n) is 2.56. The van der Waals surface area contributed by atoms with Gasteiger partial charge < -0.3 is 0 Å². The highest BCUT2D eigenvalue weighted by molar-refractivity contribution is 7.90. The highest BCUT2D eigenvalue weighted by atomic mass is 32.2. The first kappa shape index (κ1) is 17.7. The van der Waals surface area contributed by atoms with Crippen LogP contribution < -0.4 is 4.72 Å². The van der Waals surface area contributed by atoms with E-state index in [4.69, 9.17) is 0 Å². The van der Waals surface area contributed by atoms with Crippen molar-refractivity contribution in [1.29, 1.82) is 0 Å². The Morgan fingerprint density at radius 2 is 1.64 bits per heavy atom. The van der Waals surface area contributed by atoms with Crippen LogP contribution in [0, 0.1) is 6.92 Å². The third-order valence-corrected chi connectivity index (χ3v) is 7.33. The van der Waals surface area contributed by atoms with Gasteiger partial charge in [0.1, 0.15) is 0 Å². The van der Waals surface area contributed by atoms with Crippen molar-refractivity contribution in [2.45, 2.75) is 22.9 Å². The number of hydrogen-bond acceptors (Lipinski definition) is 5. The molecular weight excluding hydrogens is 364 g/mol. The Hall–Kier alpha value is -2.07. The summed E-state index contributed by atoms with van der Waals surface area (Å²) in [5, 5.41) is 0. The fourth-order valence-corrected chi connectivity index (χ4v) is 5.25. The number of ketones is 1. The van der Waals surface area contributed by atoms with Crippen molar-refractivity contribution in [3.8, 4) is 0 Å². The van der Waals surface area contributed by atoms with Gasteiger partial charge in [-0.05, 0) is 31.2 Å². The fraction of sp³-hybridized carbons (Fsp3) is 0.188. The second-order valence-electron chi connectivity index (χ2n) is 5.72. The molecule has 0 saturated carbocycles. The molecule has 1 aliphatic rings. The molecule has 7 nitrogen and oxygen atoms in total. The van der Waals surface area contributed by atoms with Crippen molar-refractivity contribution in [1.82, 2.24) is 9.03 Å². The number of carbonyl (C=O) groups is 1. The lowest BCUT2D eigenvalue weighted by molar-refractivity contribution is 0.0885. The molecule has 2 aromatic carbocycles. The largest absolute Gasteiger partial charge is 0.291 e. The Labute approximate surface area is 146 Å². The van der Waals surface area contributed by atoms with E-state index in [2.05, 4.69) is 4.72 Å². The van der Waals surface area contributed by atoms with E-state index in [-0.39, 0.29) is 15.4 Å². The van der Waals surface area contributed by atoms with Crippen LogP contribution in [0.2, 0.25) is 0 Å². The van der Waals surface area contributed by atoms with Crippen LogP contribution in [0.3, 0.4) is 0 Å². The Bertz CT molecular complexity index is 1040. The van der Waals surface area contributed by atoms with Crippen molar-refractivity contribution >= 4 is 25.8 Å². The van der Waals surface area contributed by atoms with E-state index in [1.165, 1.54) is 43.4 Å². The van der Waals surface area contributed by atoms with Crippen molar-refractivity contribution in [2.24, 2.45) is 0 Å². The van der Waals surface area contributed by atoms with Gasteiger partial charge in [0.15, 0.2) is 11.9 Å². The van der Waals surface area contributed by atoms with Crippen LogP contribution in [-0.4, -0.2) is 40.1 Å². The van der Waals surface area contributed by atoms with Gasteiger partial charge in [0.2, 0.25) is 20.0 Å². The van der Waals surface area contributed by atoms with Crippen LogP contribution in [0.5, 0.6) is 0 Å². The summed E-state index contributed by atoms with van der Waals surface area (Å²) in [6, 6.07) is 11.8. The molecule has 132 valence electrons. The zero-order valence-electron chi connectivity index (χ0n) is 13.5. The number of rotatable bonds is 3. The molecule has 0 radical (unpaired) electrons. The average Bonchev–Trinajstić information content (AvgIpc) is 2.58. The maximum absolute atomic E-state index is 12.6. The Morgan fingerprint density at radius 3 is 2.28 bits per heavy atom. The molecule has 0 aliphatic carbocycles. The lowest BCUT2D eigenvalue weighted by Crippen LogP contribution is -2.56. The third-order valence-electron chi connectivity index (χ3n) is 4.02. The zero-order chi connectivity index (χ0) is 18.4. The van der Waals surface area contributed by atoms with Crippen molar-refractivity contribution in [3.63, 3.8) is 0 Å². The van der Waals surface area contributed by atoms with Gasteiger partial charge in [-0.25, -0.2) is 16.8 Å². The lowest BCUT2D eigenvalue weighted by Gasteiger charge is -2.32. The second-order valence-corrected chi connectivity index (χ2v) is 9.40. The van der Waals surface area contributed by atoms with E-state index in [1.54, 1.807) is 12.1 Å². The number of likely N-dealkylation sites (N-methyl/N-ethyl adjacent to an activating group) is 1. The summed E-state index contributed by atoms with van der Waals surface area (Å²) >= 11 is 0. The van der Waals surface area contributed by atoms with Crippen LogP contribution in [0.4, 0.5) is 0 Å². The van der Waals surface area contributed by atoms with Crippen molar-refractivity contribution in [3.05, 3.63) is 59.7 Å². The molecule has 25 heavy (non-hydrogen) atoms. The topological polar surface area (TPSA) is 101 Å². The van der Waals surface area contributed by atoms with Gasteiger partial charge in [-0.2, -0.15) is 9.03 Å². The number of aryl methyl sites for hydroxylation is 1. The van der Waals surface area contributed by atoms with E-state index in [9.17, 15) is 21.6 Å². The van der Waals surface area contributed by atoms with Gasteiger partial charge in [-0.1, -0.05) is 29.8 Å². The van der Waals surface area contributed by atoms with Crippen LogP contribution in [-0.2, 0) is 20.0 Å². The summed E-state index contributed by atoms with van der Waals surface area (Å²) in [7, 11) is -6.88. The molecule has 1 unspecified atom stereocenters. The van der Waals surface area contributed by atoms with Gasteiger partial charge in [0.25, 0.3) is 0 Å². The van der Waals surface area contributed by atoms with Crippen LogP contribution in [0.25, 0.3) is 0 Å². The van der Waals surface area contributed by atoms with E-state index < -0.39 is 32.0 Å². The third kappa shape index (κ3) is 2.99. The minimum atomic E-state index is -4.07. The second kappa shape index (κ2) is 6.03. The number of hydrogen-bond donors (Lipinski definition) is 1. The Balaban J connectivity index is 2.03. The maximum Gasteiger partial charge on any atom is 0.245 e. The van der Waals surface area contributed by atoms with Crippen LogP contribution in [0.1, 0.15) is 15.9 Å². The monoisotopic (exact) mass is 380 g/mol. The summed E-state index contributed by atoms with van der Waals surface area (Å²) in [6.45, 7) is 1.81. The summed E-state index contributed by atoms with van der Waals surface area (Å²) in [4.78, 5) is 12.5. The molecule has 0 saturated heterocycles. The maximum atomic E-state index is 12.6. The number of sulfonamides is 2. The van der Waals surface area contributed by atoms with Gasteiger partial charge in [0.05, 0.1) is 9.79 Å². The first-order valence-corrected chi connectivity index (χ1v) is 10.3.